The van der Waals surface area contributed by atoms with Crippen molar-refractivity contribution in [2.75, 3.05) is 0 Å². The number of nitrogens with zero attached hydrogens (tertiary/aromatic N) is 1. The molecule has 2 aromatic rings. The predicted molar refractivity (Wildman–Crippen MR) is 81.6 cm³/mol. The van der Waals surface area contributed by atoms with Crippen molar-refractivity contribution in [3.8, 4) is 10.6 Å². The van der Waals surface area contributed by atoms with E-state index in [2.05, 4.69) is 34.8 Å². The smallest absolute Gasteiger partial charge is 0.175 e. The Morgan fingerprint density at radius 1 is 1.30 bits per heavy atom. The van der Waals surface area contributed by atoms with Gasteiger partial charge < -0.3 is 0 Å². The van der Waals surface area contributed by atoms with E-state index in [1.807, 2.05) is 6.07 Å². The van der Waals surface area contributed by atoms with Crippen molar-refractivity contribution in [3.05, 3.63) is 39.1 Å². The van der Waals surface area contributed by atoms with E-state index in [1.165, 1.54) is 23.5 Å². The summed E-state index contributed by atoms with van der Waals surface area (Å²) in [6.07, 6.45) is 1.34. The van der Waals surface area contributed by atoms with Crippen LogP contribution < -0.4 is 0 Å². The predicted octanol–water partition coefficient (Wildman–Crippen LogP) is 4.87. The SMILES string of the molecule is CC1(C)CC(=O)c2sc(-c3cc(F)cc(Br)c3)nc2C1. The molecule has 0 radical (unpaired) electrons. The molecule has 20 heavy (non-hydrogen) atoms. The number of aromatic nitrogens is 1. The minimum Gasteiger partial charge on any atom is -0.293 e. The molecule has 1 aliphatic rings. The number of ketones is 1. The third-order valence-corrected chi connectivity index (χ3v) is 4.99. The van der Waals surface area contributed by atoms with Gasteiger partial charge in [-0.1, -0.05) is 29.8 Å². The fourth-order valence-corrected chi connectivity index (χ4v) is 3.99. The second kappa shape index (κ2) is 4.74. The molecule has 0 bridgehead atoms. The highest BCUT2D eigenvalue weighted by atomic mass is 79.9. The molecular weight excluding hydrogens is 341 g/mol. The van der Waals surface area contributed by atoms with Gasteiger partial charge in [0, 0.05) is 16.5 Å². The second-order valence-electron chi connectivity index (χ2n) is 5.89. The van der Waals surface area contributed by atoms with Crippen LogP contribution in [-0.4, -0.2) is 10.8 Å². The molecule has 1 aliphatic carbocycles. The van der Waals surface area contributed by atoms with E-state index < -0.39 is 0 Å². The minimum atomic E-state index is -0.311. The van der Waals surface area contributed by atoms with Crippen molar-refractivity contribution in [2.45, 2.75) is 26.7 Å². The van der Waals surface area contributed by atoms with Gasteiger partial charge in [0.05, 0.1) is 10.6 Å². The van der Waals surface area contributed by atoms with Crippen molar-refractivity contribution in [1.29, 1.82) is 0 Å². The molecule has 0 fully saturated rings. The number of carbonyl (C=O) groups is 1. The highest BCUT2D eigenvalue weighted by molar-refractivity contribution is 9.10. The molecule has 1 aromatic heterocycles. The summed E-state index contributed by atoms with van der Waals surface area (Å²) in [4.78, 5) is 17.5. The third-order valence-electron chi connectivity index (χ3n) is 3.35. The monoisotopic (exact) mass is 353 g/mol. The number of Topliss-reactive ketones (excluding diaryl/α,β-unsaturated/α-hetero) is 1. The van der Waals surface area contributed by atoms with E-state index in [1.54, 1.807) is 0 Å². The molecular formula is C15H13BrFNOS. The molecule has 0 unspecified atom stereocenters. The molecule has 5 heteroatoms. The quantitative estimate of drug-likeness (QED) is 0.732. The maximum absolute atomic E-state index is 13.5. The molecule has 0 saturated carbocycles. The molecule has 104 valence electrons. The first-order valence-corrected chi connectivity index (χ1v) is 7.94. The van der Waals surface area contributed by atoms with E-state index in [4.69, 9.17) is 0 Å². The summed E-state index contributed by atoms with van der Waals surface area (Å²) >= 11 is 4.65. The highest BCUT2D eigenvalue weighted by Gasteiger charge is 2.34. The molecule has 0 saturated heterocycles. The summed E-state index contributed by atoms with van der Waals surface area (Å²) < 4.78 is 14.2. The number of rotatable bonds is 1. The lowest BCUT2D eigenvalue weighted by atomic mass is 9.78. The van der Waals surface area contributed by atoms with Crippen LogP contribution in [0, 0.1) is 11.2 Å². The van der Waals surface area contributed by atoms with Gasteiger partial charge in [-0.05, 0) is 30.0 Å². The van der Waals surface area contributed by atoms with Crippen molar-refractivity contribution in [1.82, 2.24) is 4.98 Å². The summed E-state index contributed by atoms with van der Waals surface area (Å²) in [5.41, 5.74) is 1.52. The summed E-state index contributed by atoms with van der Waals surface area (Å²) in [6.45, 7) is 4.15. The van der Waals surface area contributed by atoms with E-state index in [0.29, 0.717) is 21.5 Å². The maximum atomic E-state index is 13.5. The largest absolute Gasteiger partial charge is 0.293 e. The Labute approximate surface area is 129 Å². The Bertz CT molecular complexity index is 688. The number of thiazole rings is 1. The number of hydrogen-bond acceptors (Lipinski definition) is 3. The second-order valence-corrected chi connectivity index (χ2v) is 7.81. The molecule has 3 rings (SSSR count). The van der Waals surface area contributed by atoms with Crippen molar-refractivity contribution >= 4 is 33.0 Å². The van der Waals surface area contributed by atoms with Gasteiger partial charge in [-0.2, -0.15) is 0 Å². The van der Waals surface area contributed by atoms with Crippen LogP contribution >= 0.6 is 27.3 Å². The van der Waals surface area contributed by atoms with Gasteiger partial charge in [0.25, 0.3) is 0 Å². The lowest BCUT2D eigenvalue weighted by Crippen LogP contribution is -2.25. The van der Waals surface area contributed by atoms with Crippen molar-refractivity contribution in [2.24, 2.45) is 5.41 Å². The van der Waals surface area contributed by atoms with Gasteiger partial charge in [0.2, 0.25) is 0 Å². The normalized spacial score (nSPS) is 17.1. The average molecular weight is 354 g/mol. The zero-order chi connectivity index (χ0) is 14.5. The topological polar surface area (TPSA) is 30.0 Å². The van der Waals surface area contributed by atoms with E-state index in [-0.39, 0.29) is 17.0 Å². The number of benzene rings is 1. The van der Waals surface area contributed by atoms with E-state index in [0.717, 1.165) is 17.0 Å². The van der Waals surface area contributed by atoms with Gasteiger partial charge >= 0.3 is 0 Å². The van der Waals surface area contributed by atoms with Crippen LogP contribution in [0.4, 0.5) is 4.39 Å². The summed E-state index contributed by atoms with van der Waals surface area (Å²) in [5, 5.41) is 0.709. The number of hydrogen-bond donors (Lipinski definition) is 0. The van der Waals surface area contributed by atoms with E-state index in [9.17, 15) is 9.18 Å². The van der Waals surface area contributed by atoms with Crippen LogP contribution in [0.5, 0.6) is 0 Å². The number of halogens is 2. The third kappa shape index (κ3) is 2.56. The maximum Gasteiger partial charge on any atom is 0.175 e. The van der Waals surface area contributed by atoms with Crippen LogP contribution in [0.2, 0.25) is 0 Å². The van der Waals surface area contributed by atoms with Crippen LogP contribution in [-0.2, 0) is 6.42 Å². The summed E-state index contributed by atoms with van der Waals surface area (Å²) in [6, 6.07) is 4.68. The van der Waals surface area contributed by atoms with Crippen molar-refractivity contribution < 1.29 is 9.18 Å². The van der Waals surface area contributed by atoms with Crippen LogP contribution in [0.1, 0.15) is 35.6 Å². The Hall–Kier alpha value is -1.07. The minimum absolute atomic E-state index is 0.0437. The van der Waals surface area contributed by atoms with Gasteiger partial charge in [0.1, 0.15) is 10.8 Å². The Morgan fingerprint density at radius 2 is 2.05 bits per heavy atom. The lowest BCUT2D eigenvalue weighted by Gasteiger charge is -2.26. The standard InChI is InChI=1S/C15H13BrFNOS/c1-15(2)6-11-13(12(19)7-15)20-14(18-11)8-3-9(16)5-10(17)4-8/h3-5H,6-7H2,1-2H3. The van der Waals surface area contributed by atoms with Crippen LogP contribution in [0.3, 0.4) is 0 Å². The summed E-state index contributed by atoms with van der Waals surface area (Å²) in [5.74, 6) is -0.162. The van der Waals surface area contributed by atoms with Gasteiger partial charge in [-0.25, -0.2) is 9.37 Å². The Kier molecular flexibility index (Phi) is 3.29. The zero-order valence-corrected chi connectivity index (χ0v) is 13.6. The first-order chi connectivity index (χ1) is 9.34. The number of carbonyl (C=O) groups excluding carboxylic acids is 1. The van der Waals surface area contributed by atoms with Crippen molar-refractivity contribution in [3.63, 3.8) is 0 Å². The molecule has 0 spiro atoms. The molecule has 0 atom stereocenters. The molecule has 0 N–H and O–H groups in total. The van der Waals surface area contributed by atoms with Gasteiger partial charge in [-0.3, -0.25) is 4.79 Å². The Morgan fingerprint density at radius 3 is 2.75 bits per heavy atom. The van der Waals surface area contributed by atoms with Gasteiger partial charge in [-0.15, -0.1) is 11.3 Å². The molecule has 2 nitrogen and oxygen atoms in total. The van der Waals surface area contributed by atoms with Crippen LogP contribution in [0.15, 0.2) is 22.7 Å². The first kappa shape index (κ1) is 13.9. The first-order valence-electron chi connectivity index (χ1n) is 6.33. The molecule has 0 aliphatic heterocycles. The average Bonchev–Trinajstić information content (AvgIpc) is 2.69. The summed E-state index contributed by atoms with van der Waals surface area (Å²) in [7, 11) is 0. The number of fused-ring (bicyclic) bond motifs is 1. The highest BCUT2D eigenvalue weighted by Crippen LogP contribution is 2.39. The Balaban J connectivity index is 2.08. The fourth-order valence-electron chi connectivity index (χ4n) is 2.52. The molecule has 0 amide bonds. The van der Waals surface area contributed by atoms with Gasteiger partial charge in [0.15, 0.2) is 5.78 Å². The molecule has 1 heterocycles. The molecule has 1 aromatic carbocycles. The zero-order valence-electron chi connectivity index (χ0n) is 11.2. The fraction of sp³-hybridized carbons (Fsp3) is 0.333. The van der Waals surface area contributed by atoms with Crippen LogP contribution in [0.25, 0.3) is 10.6 Å². The van der Waals surface area contributed by atoms with E-state index >= 15 is 0 Å². The lowest BCUT2D eigenvalue weighted by molar-refractivity contribution is 0.0916.